The van der Waals surface area contributed by atoms with Crippen LogP contribution in [0.5, 0.6) is 0 Å². The van der Waals surface area contributed by atoms with E-state index in [9.17, 15) is 0 Å². The van der Waals surface area contributed by atoms with Crippen LogP contribution in [0.3, 0.4) is 0 Å². The topological polar surface area (TPSA) is 34.2 Å². The van der Waals surface area contributed by atoms with Gasteiger partial charge < -0.3 is 13.9 Å². The number of rotatable bonds is 7. The zero-order chi connectivity index (χ0) is 40.3. The maximum atomic E-state index is 6.55. The first kappa shape index (κ1) is 35.0. The van der Waals surface area contributed by atoms with Gasteiger partial charge in [-0.2, -0.15) is 0 Å². The van der Waals surface area contributed by atoms with E-state index < -0.39 is 0 Å². The summed E-state index contributed by atoms with van der Waals surface area (Å²) in [7, 11) is 0. The molecule has 0 N–H and O–H groups in total. The lowest BCUT2D eigenvalue weighted by Crippen LogP contribution is -2.10. The third-order valence-corrected chi connectivity index (χ3v) is 12.3. The molecule has 4 heteroatoms. The summed E-state index contributed by atoms with van der Waals surface area (Å²) < 4.78 is 8.93. The van der Waals surface area contributed by atoms with E-state index in [4.69, 9.17) is 9.40 Å². The highest BCUT2D eigenvalue weighted by atomic mass is 16.3. The summed E-state index contributed by atoms with van der Waals surface area (Å²) in [5.41, 5.74) is 16.6. The van der Waals surface area contributed by atoms with Gasteiger partial charge in [0.15, 0.2) is 5.58 Å². The van der Waals surface area contributed by atoms with Gasteiger partial charge in [0.2, 0.25) is 5.89 Å². The fourth-order valence-electron chi connectivity index (χ4n) is 9.26. The Balaban J connectivity index is 1.01. The lowest BCUT2D eigenvalue weighted by molar-refractivity contribution is 0.623. The highest BCUT2D eigenvalue weighted by Crippen LogP contribution is 2.42. The number of para-hydroxylation sites is 2. The molecule has 0 saturated heterocycles. The molecular weight excluding hydrogens is 743 g/mol. The smallest absolute Gasteiger partial charge is 0.227 e. The molecule has 12 rings (SSSR count). The maximum Gasteiger partial charge on any atom is 0.227 e. The number of anilines is 3. The van der Waals surface area contributed by atoms with Gasteiger partial charge in [0.05, 0.1) is 11.0 Å². The van der Waals surface area contributed by atoms with Gasteiger partial charge in [0.1, 0.15) is 5.52 Å². The molecule has 0 aliphatic heterocycles. The summed E-state index contributed by atoms with van der Waals surface area (Å²) in [6, 6.07) is 71.8. The average Bonchev–Trinajstić information content (AvgIpc) is 3.93. The molecule has 9 aromatic carbocycles. The molecule has 1 aliphatic rings. The van der Waals surface area contributed by atoms with Crippen molar-refractivity contribution in [1.82, 2.24) is 9.55 Å². The van der Waals surface area contributed by atoms with E-state index in [1.54, 1.807) is 0 Å². The zero-order valence-electron chi connectivity index (χ0n) is 33.4. The molecule has 1 aliphatic carbocycles. The number of fused-ring (bicyclic) bond motifs is 7. The fraction of sp³-hybridized carbons (Fsp3) is 0.0351. The van der Waals surface area contributed by atoms with E-state index >= 15 is 0 Å². The minimum atomic E-state index is 0.620. The first-order valence-electron chi connectivity index (χ1n) is 21.0. The number of allylic oxidation sites excluding steroid dienone is 1. The van der Waals surface area contributed by atoms with Crippen molar-refractivity contribution in [2.24, 2.45) is 0 Å². The Kier molecular flexibility index (Phi) is 8.27. The lowest BCUT2D eigenvalue weighted by atomic mass is 9.93. The van der Waals surface area contributed by atoms with Crippen molar-refractivity contribution in [2.75, 3.05) is 4.90 Å². The zero-order valence-corrected chi connectivity index (χ0v) is 33.4. The molecule has 2 heterocycles. The number of aromatic nitrogens is 2. The third kappa shape index (κ3) is 6.03. The normalized spacial score (nSPS) is 12.4. The second-order valence-corrected chi connectivity index (χ2v) is 15.9. The Labute approximate surface area is 353 Å². The van der Waals surface area contributed by atoms with Crippen LogP contribution >= 0.6 is 0 Å². The SMILES string of the molecule is C1=Cc2cc(-c3ccc(N(c4ccc(-c5cc6ccccc6c6oc(-c7ccccc7)nc56)cc4)c4ccc5c6ccccc6n(-c6ccccc6)c5c4)cc3)ccc2CC1. The quantitative estimate of drug-likeness (QED) is 0.161. The summed E-state index contributed by atoms with van der Waals surface area (Å²) in [4.78, 5) is 7.49. The highest BCUT2D eigenvalue weighted by molar-refractivity contribution is 6.11. The number of oxazole rings is 1. The average molecular weight is 782 g/mol. The summed E-state index contributed by atoms with van der Waals surface area (Å²) in [6.07, 6.45) is 6.76. The van der Waals surface area contributed by atoms with Crippen LogP contribution in [0, 0.1) is 0 Å². The monoisotopic (exact) mass is 781 g/mol. The number of benzene rings is 9. The molecule has 2 aromatic heterocycles. The molecule has 0 atom stereocenters. The van der Waals surface area contributed by atoms with Crippen LogP contribution in [0.4, 0.5) is 17.1 Å². The van der Waals surface area contributed by atoms with Crippen molar-refractivity contribution in [3.05, 3.63) is 217 Å². The molecule has 61 heavy (non-hydrogen) atoms. The summed E-state index contributed by atoms with van der Waals surface area (Å²) in [5.74, 6) is 0.620. The van der Waals surface area contributed by atoms with Crippen LogP contribution < -0.4 is 4.90 Å². The highest BCUT2D eigenvalue weighted by Gasteiger charge is 2.20. The Bertz CT molecular complexity index is 3450. The second-order valence-electron chi connectivity index (χ2n) is 15.9. The van der Waals surface area contributed by atoms with Crippen LogP contribution in [0.2, 0.25) is 0 Å². The minimum Gasteiger partial charge on any atom is -0.435 e. The molecule has 0 spiro atoms. The molecule has 0 saturated carbocycles. The van der Waals surface area contributed by atoms with Gasteiger partial charge in [-0.3, -0.25) is 0 Å². The number of hydrogen-bond donors (Lipinski definition) is 0. The molecule has 0 fully saturated rings. The molecule has 11 aromatic rings. The van der Waals surface area contributed by atoms with E-state index in [-0.39, 0.29) is 0 Å². The van der Waals surface area contributed by atoms with Crippen LogP contribution in [-0.4, -0.2) is 9.55 Å². The summed E-state index contributed by atoms with van der Waals surface area (Å²) in [6.45, 7) is 0. The Morgan fingerprint density at radius 1 is 0.492 bits per heavy atom. The predicted molar refractivity (Wildman–Crippen MR) is 254 cm³/mol. The van der Waals surface area contributed by atoms with Gasteiger partial charge in [-0.15, -0.1) is 0 Å². The van der Waals surface area contributed by atoms with Crippen molar-refractivity contribution < 1.29 is 4.42 Å². The van der Waals surface area contributed by atoms with E-state index in [1.807, 2.05) is 30.3 Å². The first-order chi connectivity index (χ1) is 30.2. The molecule has 0 radical (unpaired) electrons. The van der Waals surface area contributed by atoms with E-state index in [1.165, 1.54) is 38.5 Å². The second kappa shape index (κ2) is 14.4. The van der Waals surface area contributed by atoms with Crippen molar-refractivity contribution in [2.45, 2.75) is 12.8 Å². The van der Waals surface area contributed by atoms with Crippen molar-refractivity contribution in [3.8, 4) is 39.4 Å². The lowest BCUT2D eigenvalue weighted by Gasteiger charge is -2.26. The number of hydrogen-bond acceptors (Lipinski definition) is 3. The van der Waals surface area contributed by atoms with Crippen molar-refractivity contribution >= 4 is 66.8 Å². The largest absolute Gasteiger partial charge is 0.435 e. The van der Waals surface area contributed by atoms with E-state index in [2.05, 4.69) is 191 Å². The molecular formula is C57H39N3O. The van der Waals surface area contributed by atoms with Crippen LogP contribution in [0.25, 0.3) is 89.1 Å². The number of aryl methyl sites for hydroxylation is 1. The summed E-state index contributed by atoms with van der Waals surface area (Å²) >= 11 is 0. The van der Waals surface area contributed by atoms with E-state index in [0.29, 0.717) is 5.89 Å². The summed E-state index contributed by atoms with van der Waals surface area (Å²) in [5, 5.41) is 4.62. The van der Waals surface area contributed by atoms with Crippen LogP contribution in [-0.2, 0) is 6.42 Å². The van der Waals surface area contributed by atoms with Gasteiger partial charge in [0, 0.05) is 50.0 Å². The Morgan fingerprint density at radius 3 is 1.95 bits per heavy atom. The van der Waals surface area contributed by atoms with Crippen LogP contribution in [0.1, 0.15) is 17.5 Å². The molecule has 0 unspecified atom stereocenters. The van der Waals surface area contributed by atoms with Gasteiger partial charge in [-0.05, 0) is 125 Å². The van der Waals surface area contributed by atoms with Gasteiger partial charge >= 0.3 is 0 Å². The van der Waals surface area contributed by atoms with Crippen molar-refractivity contribution in [1.29, 1.82) is 0 Å². The Hall–Kier alpha value is -7.95. The Morgan fingerprint density at radius 2 is 1.15 bits per heavy atom. The first-order valence-corrected chi connectivity index (χ1v) is 21.0. The maximum absolute atomic E-state index is 6.55. The molecule has 288 valence electrons. The predicted octanol–water partition coefficient (Wildman–Crippen LogP) is 15.5. The van der Waals surface area contributed by atoms with Gasteiger partial charge in [-0.1, -0.05) is 133 Å². The van der Waals surface area contributed by atoms with Gasteiger partial charge in [0.25, 0.3) is 0 Å². The van der Waals surface area contributed by atoms with Crippen LogP contribution in [0.15, 0.2) is 211 Å². The number of nitrogens with zero attached hydrogens (tertiary/aromatic N) is 3. The van der Waals surface area contributed by atoms with Gasteiger partial charge in [-0.25, -0.2) is 4.98 Å². The molecule has 4 nitrogen and oxygen atoms in total. The molecule has 0 amide bonds. The fourth-order valence-corrected chi connectivity index (χ4v) is 9.26. The molecule has 0 bridgehead atoms. The standard InChI is InChI=1S/C57H39N3O/c1-3-14-41(15-4-1)57-58-55-52(36-44-17-9-10-20-49(44)56(55)61-57)40-27-31-47(32-28-40)59(46-29-25-39(26-30-46)43-24-23-38-13-7-8-16-42(38)35-43)48-33-34-51-50-21-11-12-22-53(50)60(54(51)37-48)45-18-5-2-6-19-45/h1-6,8-12,14-37H,7,13H2. The minimum absolute atomic E-state index is 0.620. The third-order valence-electron chi connectivity index (χ3n) is 12.3. The van der Waals surface area contributed by atoms with Crippen molar-refractivity contribution in [3.63, 3.8) is 0 Å². The van der Waals surface area contributed by atoms with E-state index in [0.717, 1.165) is 79.7 Å².